The predicted molar refractivity (Wildman–Crippen MR) is 111 cm³/mol. The highest BCUT2D eigenvalue weighted by atomic mass is 79.9. The first kappa shape index (κ1) is 19.0. The van der Waals surface area contributed by atoms with Gasteiger partial charge < -0.3 is 9.47 Å². The first-order valence-corrected chi connectivity index (χ1v) is 10.7. The Hall–Kier alpha value is -1.34. The van der Waals surface area contributed by atoms with Crippen LogP contribution in [0.3, 0.4) is 0 Å². The van der Waals surface area contributed by atoms with Gasteiger partial charge in [-0.3, -0.25) is 9.69 Å². The number of nitrogens with zero attached hydrogens (tertiary/aromatic N) is 1. The molecule has 1 fully saturated rings. The Morgan fingerprint density at radius 2 is 1.93 bits per heavy atom. The van der Waals surface area contributed by atoms with Gasteiger partial charge in [-0.05, 0) is 36.8 Å². The summed E-state index contributed by atoms with van der Waals surface area (Å²) >= 11 is 5.18. The van der Waals surface area contributed by atoms with E-state index in [0.717, 1.165) is 28.0 Å². The molecule has 0 aliphatic carbocycles. The monoisotopic (exact) mass is 447 g/mol. The van der Waals surface area contributed by atoms with Crippen molar-refractivity contribution in [1.82, 2.24) is 4.90 Å². The number of hydrogen-bond acceptors (Lipinski definition) is 5. The summed E-state index contributed by atoms with van der Waals surface area (Å²) in [5.74, 6) is 0.830. The second kappa shape index (κ2) is 7.95. The number of rotatable bonds is 4. The summed E-state index contributed by atoms with van der Waals surface area (Å²) in [6.45, 7) is 6.14. The van der Waals surface area contributed by atoms with Crippen LogP contribution in [0.4, 0.5) is 0 Å². The maximum atomic E-state index is 13.7. The number of fused-ring (bicyclic) bond motifs is 1. The lowest BCUT2D eigenvalue weighted by atomic mass is 9.92. The van der Waals surface area contributed by atoms with E-state index in [1.54, 1.807) is 11.8 Å². The van der Waals surface area contributed by atoms with Gasteiger partial charge in [0.15, 0.2) is 5.78 Å². The fourth-order valence-electron chi connectivity index (χ4n) is 3.52. The second-order valence-electron chi connectivity index (χ2n) is 7.01. The van der Waals surface area contributed by atoms with Crippen LogP contribution in [-0.4, -0.2) is 54.9 Å². The topological polar surface area (TPSA) is 38.8 Å². The maximum Gasteiger partial charge on any atom is 0.187 e. The van der Waals surface area contributed by atoms with Gasteiger partial charge in [-0.2, -0.15) is 0 Å². The molecule has 4 nitrogen and oxygen atoms in total. The molecule has 1 saturated heterocycles. The largest absolute Gasteiger partial charge is 0.491 e. The van der Waals surface area contributed by atoms with Crippen LogP contribution < -0.4 is 4.74 Å². The molecule has 2 aromatic carbocycles. The Bertz CT molecular complexity index is 839. The van der Waals surface area contributed by atoms with Crippen LogP contribution in [0.5, 0.6) is 5.75 Å². The Balaban J connectivity index is 1.70. The number of carbonyl (C=O) groups is 1. The average molecular weight is 448 g/mol. The van der Waals surface area contributed by atoms with Crippen LogP contribution in [0.2, 0.25) is 0 Å². The zero-order chi connectivity index (χ0) is 18.9. The van der Waals surface area contributed by atoms with Crippen molar-refractivity contribution in [3.63, 3.8) is 0 Å². The van der Waals surface area contributed by atoms with E-state index in [2.05, 4.69) is 33.0 Å². The van der Waals surface area contributed by atoms with Crippen molar-refractivity contribution < 1.29 is 14.3 Å². The van der Waals surface area contributed by atoms with Gasteiger partial charge >= 0.3 is 0 Å². The van der Waals surface area contributed by atoms with Crippen LogP contribution in [0.15, 0.2) is 51.8 Å². The summed E-state index contributed by atoms with van der Waals surface area (Å²) in [7, 11) is 0. The minimum atomic E-state index is -0.666. The lowest BCUT2D eigenvalue weighted by molar-refractivity contribution is 0.0287. The van der Waals surface area contributed by atoms with E-state index in [-0.39, 0.29) is 5.78 Å². The number of ether oxygens (including phenoxy) is 2. The molecule has 142 valence electrons. The van der Waals surface area contributed by atoms with Gasteiger partial charge in [-0.25, -0.2) is 0 Å². The number of ketones is 1. The molecule has 6 heteroatoms. The number of halogens is 1. The number of benzene rings is 2. The third-order valence-corrected chi connectivity index (χ3v) is 7.20. The highest BCUT2D eigenvalue weighted by molar-refractivity contribution is 9.10. The zero-order valence-corrected chi connectivity index (χ0v) is 17.6. The molecular formula is C21H22BrNO3S. The van der Waals surface area contributed by atoms with Crippen LogP contribution in [0.25, 0.3) is 0 Å². The molecular weight excluding hydrogens is 426 g/mol. The molecule has 0 bridgehead atoms. The summed E-state index contributed by atoms with van der Waals surface area (Å²) < 4.78 is 11.9. The number of morpholine rings is 1. The van der Waals surface area contributed by atoms with Crippen molar-refractivity contribution in [2.45, 2.75) is 16.6 Å². The molecule has 0 aromatic heterocycles. The van der Waals surface area contributed by atoms with Crippen molar-refractivity contribution in [2.75, 3.05) is 39.5 Å². The van der Waals surface area contributed by atoms with E-state index in [4.69, 9.17) is 9.47 Å². The summed E-state index contributed by atoms with van der Waals surface area (Å²) in [4.78, 5) is 17.1. The van der Waals surface area contributed by atoms with Gasteiger partial charge in [0.25, 0.3) is 0 Å². The van der Waals surface area contributed by atoms with Gasteiger partial charge in [0.1, 0.15) is 17.1 Å². The van der Waals surface area contributed by atoms with E-state index in [9.17, 15) is 4.79 Å². The molecule has 2 heterocycles. The lowest BCUT2D eigenvalue weighted by Gasteiger charge is -2.40. The van der Waals surface area contributed by atoms with Crippen molar-refractivity contribution in [1.29, 1.82) is 0 Å². The Morgan fingerprint density at radius 3 is 2.67 bits per heavy atom. The molecule has 0 amide bonds. The highest BCUT2D eigenvalue weighted by Gasteiger charge is 2.46. The molecule has 0 radical (unpaired) electrons. The Morgan fingerprint density at radius 1 is 1.19 bits per heavy atom. The molecule has 0 spiro atoms. The summed E-state index contributed by atoms with van der Waals surface area (Å²) in [5, 5.41) is 0. The molecule has 2 aliphatic heterocycles. The molecule has 0 unspecified atom stereocenters. The van der Waals surface area contributed by atoms with E-state index in [1.165, 1.54) is 0 Å². The molecule has 4 rings (SSSR count). The summed E-state index contributed by atoms with van der Waals surface area (Å²) in [6, 6.07) is 14.0. The molecule has 0 saturated carbocycles. The Labute approximate surface area is 172 Å². The first-order chi connectivity index (χ1) is 13.1. The normalized spacial score (nSPS) is 23.0. The third kappa shape index (κ3) is 3.94. The van der Waals surface area contributed by atoms with E-state index < -0.39 is 4.75 Å². The van der Waals surface area contributed by atoms with Crippen molar-refractivity contribution in [2.24, 2.45) is 0 Å². The quantitative estimate of drug-likeness (QED) is 0.701. The van der Waals surface area contributed by atoms with Crippen molar-refractivity contribution in [3.8, 4) is 5.75 Å². The predicted octanol–water partition coefficient (Wildman–Crippen LogP) is 4.20. The van der Waals surface area contributed by atoms with Gasteiger partial charge in [-0.1, -0.05) is 34.1 Å². The van der Waals surface area contributed by atoms with Crippen molar-refractivity contribution in [3.05, 3.63) is 58.1 Å². The number of hydrogen-bond donors (Lipinski definition) is 0. The third-order valence-electron chi connectivity index (χ3n) is 5.02. The zero-order valence-electron chi connectivity index (χ0n) is 15.2. The van der Waals surface area contributed by atoms with Gasteiger partial charge in [0.2, 0.25) is 0 Å². The lowest BCUT2D eigenvalue weighted by Crippen LogP contribution is -2.54. The van der Waals surface area contributed by atoms with E-state index in [0.29, 0.717) is 37.7 Å². The van der Waals surface area contributed by atoms with Gasteiger partial charge in [-0.15, -0.1) is 11.8 Å². The average Bonchev–Trinajstić information content (AvgIpc) is 2.68. The minimum absolute atomic E-state index is 0.143. The number of carbonyl (C=O) groups excluding carboxylic acids is 1. The van der Waals surface area contributed by atoms with Crippen molar-refractivity contribution >= 4 is 33.5 Å². The summed E-state index contributed by atoms with van der Waals surface area (Å²) in [6.07, 6.45) is 0. The van der Waals surface area contributed by atoms with E-state index >= 15 is 0 Å². The molecule has 27 heavy (non-hydrogen) atoms. The van der Waals surface area contributed by atoms with E-state index in [1.807, 2.05) is 37.3 Å². The second-order valence-corrected chi connectivity index (χ2v) is 9.32. The number of aryl methyl sites for hydroxylation is 1. The van der Waals surface area contributed by atoms with Gasteiger partial charge in [0.05, 0.1) is 18.8 Å². The maximum absolute atomic E-state index is 13.7. The van der Waals surface area contributed by atoms with Crippen LogP contribution in [0.1, 0.15) is 15.9 Å². The SMILES string of the molecule is Cc1cc2c(cc1Br)C(=O)[C@](CN1CCOCC1)(Sc1ccccc1)CO2. The highest BCUT2D eigenvalue weighted by Crippen LogP contribution is 2.43. The van der Waals surface area contributed by atoms with Crippen LogP contribution in [-0.2, 0) is 4.74 Å². The first-order valence-electron chi connectivity index (χ1n) is 9.09. The van der Waals surface area contributed by atoms with Crippen LogP contribution in [0, 0.1) is 6.92 Å². The molecule has 2 aromatic rings. The summed E-state index contributed by atoms with van der Waals surface area (Å²) in [5.41, 5.74) is 1.73. The fourth-order valence-corrected chi connectivity index (χ4v) is 5.17. The van der Waals surface area contributed by atoms with Gasteiger partial charge in [0, 0.05) is 29.0 Å². The smallest absolute Gasteiger partial charge is 0.187 e. The Kier molecular flexibility index (Phi) is 5.60. The molecule has 1 atom stereocenters. The number of thioether (sulfide) groups is 1. The van der Waals surface area contributed by atoms with Crippen LogP contribution >= 0.6 is 27.7 Å². The molecule has 2 aliphatic rings. The number of Topliss-reactive ketones (excluding diaryl/α,β-unsaturated/α-hetero) is 1. The molecule has 0 N–H and O–H groups in total. The standard InChI is InChI=1S/C21H22BrNO3S/c1-15-11-19-17(12-18(15)22)20(24)21(14-26-19,13-23-7-9-25-10-8-23)27-16-5-3-2-4-6-16/h2-6,11-12H,7-10,13-14H2,1H3/t21-/m1/s1. The minimum Gasteiger partial charge on any atom is -0.491 e. The fraction of sp³-hybridized carbons (Fsp3) is 0.381.